The molecule has 0 spiro atoms. The molecule has 0 amide bonds. The second-order valence-electron chi connectivity index (χ2n) is 3.83. The summed E-state index contributed by atoms with van der Waals surface area (Å²) in [6, 6.07) is 8.33. The highest BCUT2D eigenvalue weighted by atomic mass is 16.6. The predicted molar refractivity (Wildman–Crippen MR) is 60.8 cm³/mol. The molecule has 1 aromatic heterocycles. The lowest BCUT2D eigenvalue weighted by Gasteiger charge is -2.05. The van der Waals surface area contributed by atoms with E-state index in [1.54, 1.807) is 0 Å². The van der Waals surface area contributed by atoms with Crippen molar-refractivity contribution in [3.8, 4) is 0 Å². The molecule has 1 heterocycles. The number of nitrogens with zero attached hydrogens (tertiary/aromatic N) is 2. The van der Waals surface area contributed by atoms with Crippen molar-refractivity contribution in [2.75, 3.05) is 0 Å². The standard InChI is InChI=1S/C12H15N3O/c1-9-5-3-4-6-11(9)7-13-8-12-10(2)14-16-15-12/h3-6,13H,7-8H2,1-2H3. The SMILES string of the molecule is Cc1ccccc1CNCc1nonc1C. The van der Waals surface area contributed by atoms with E-state index >= 15 is 0 Å². The smallest absolute Gasteiger partial charge is 0.121 e. The van der Waals surface area contributed by atoms with Crippen LogP contribution in [0, 0.1) is 13.8 Å². The zero-order valence-electron chi connectivity index (χ0n) is 9.53. The van der Waals surface area contributed by atoms with Gasteiger partial charge in [0.15, 0.2) is 0 Å². The molecule has 0 aliphatic carbocycles. The first-order valence-electron chi connectivity index (χ1n) is 5.30. The Morgan fingerprint density at radius 2 is 1.94 bits per heavy atom. The molecule has 84 valence electrons. The minimum atomic E-state index is 0.684. The van der Waals surface area contributed by atoms with Crippen LogP contribution >= 0.6 is 0 Å². The van der Waals surface area contributed by atoms with Crippen LogP contribution in [0.4, 0.5) is 0 Å². The molecule has 0 bridgehead atoms. The average Bonchev–Trinajstić information content (AvgIpc) is 2.67. The van der Waals surface area contributed by atoms with Crippen LogP contribution in [0.5, 0.6) is 0 Å². The lowest BCUT2D eigenvalue weighted by Crippen LogP contribution is -2.14. The van der Waals surface area contributed by atoms with Gasteiger partial charge in [-0.25, -0.2) is 4.63 Å². The van der Waals surface area contributed by atoms with Gasteiger partial charge in [0, 0.05) is 13.1 Å². The van der Waals surface area contributed by atoms with Gasteiger partial charge in [-0.1, -0.05) is 34.6 Å². The number of nitrogens with one attached hydrogen (secondary N) is 1. The Hall–Kier alpha value is -1.68. The van der Waals surface area contributed by atoms with Crippen LogP contribution in [-0.2, 0) is 13.1 Å². The third-order valence-corrected chi connectivity index (χ3v) is 2.62. The summed E-state index contributed by atoms with van der Waals surface area (Å²) in [7, 11) is 0. The molecule has 4 heteroatoms. The molecule has 0 aliphatic heterocycles. The van der Waals surface area contributed by atoms with E-state index in [2.05, 4.69) is 39.3 Å². The largest absolute Gasteiger partial charge is 0.307 e. The van der Waals surface area contributed by atoms with Gasteiger partial charge >= 0.3 is 0 Å². The summed E-state index contributed by atoms with van der Waals surface area (Å²) < 4.78 is 4.63. The van der Waals surface area contributed by atoms with E-state index in [0.717, 1.165) is 17.9 Å². The van der Waals surface area contributed by atoms with Gasteiger partial charge in [-0.3, -0.25) is 0 Å². The fourth-order valence-corrected chi connectivity index (χ4v) is 1.53. The molecule has 0 atom stereocenters. The van der Waals surface area contributed by atoms with E-state index in [4.69, 9.17) is 0 Å². The van der Waals surface area contributed by atoms with Crippen LogP contribution in [0.15, 0.2) is 28.9 Å². The number of benzene rings is 1. The van der Waals surface area contributed by atoms with E-state index in [9.17, 15) is 0 Å². The van der Waals surface area contributed by atoms with E-state index in [-0.39, 0.29) is 0 Å². The van der Waals surface area contributed by atoms with Crippen LogP contribution in [0.3, 0.4) is 0 Å². The van der Waals surface area contributed by atoms with Crippen molar-refractivity contribution >= 4 is 0 Å². The fraction of sp³-hybridized carbons (Fsp3) is 0.333. The molecule has 0 unspecified atom stereocenters. The second-order valence-corrected chi connectivity index (χ2v) is 3.83. The maximum atomic E-state index is 4.63. The van der Waals surface area contributed by atoms with Crippen molar-refractivity contribution in [2.45, 2.75) is 26.9 Å². The van der Waals surface area contributed by atoms with Crippen molar-refractivity contribution in [1.29, 1.82) is 0 Å². The summed E-state index contributed by atoms with van der Waals surface area (Å²) in [5.41, 5.74) is 4.31. The third-order valence-electron chi connectivity index (χ3n) is 2.62. The Morgan fingerprint density at radius 3 is 2.62 bits per heavy atom. The van der Waals surface area contributed by atoms with Crippen LogP contribution in [0.2, 0.25) is 0 Å². The maximum absolute atomic E-state index is 4.63. The minimum Gasteiger partial charge on any atom is -0.307 e. The molecule has 1 aromatic carbocycles. The van der Waals surface area contributed by atoms with Crippen molar-refractivity contribution in [3.05, 3.63) is 46.8 Å². The van der Waals surface area contributed by atoms with Crippen LogP contribution < -0.4 is 5.32 Å². The molecule has 1 N–H and O–H groups in total. The number of hydrogen-bond acceptors (Lipinski definition) is 4. The molecule has 0 aliphatic rings. The summed E-state index contributed by atoms with van der Waals surface area (Å²) >= 11 is 0. The zero-order valence-corrected chi connectivity index (χ0v) is 9.53. The number of hydrogen-bond donors (Lipinski definition) is 1. The lowest BCUT2D eigenvalue weighted by molar-refractivity contribution is 0.300. The minimum absolute atomic E-state index is 0.684. The average molecular weight is 217 g/mol. The van der Waals surface area contributed by atoms with Crippen molar-refractivity contribution in [1.82, 2.24) is 15.6 Å². The summed E-state index contributed by atoms with van der Waals surface area (Å²) in [5, 5.41) is 10.9. The quantitative estimate of drug-likeness (QED) is 0.850. The molecular formula is C12H15N3O. The Bertz CT molecular complexity index is 465. The van der Waals surface area contributed by atoms with Gasteiger partial charge in [0.2, 0.25) is 0 Å². The Balaban J connectivity index is 1.89. The van der Waals surface area contributed by atoms with Gasteiger partial charge in [-0.2, -0.15) is 0 Å². The van der Waals surface area contributed by atoms with Gasteiger partial charge in [-0.15, -0.1) is 0 Å². The number of aryl methyl sites for hydroxylation is 2. The van der Waals surface area contributed by atoms with Gasteiger partial charge in [-0.05, 0) is 25.0 Å². The Kier molecular flexibility index (Phi) is 3.31. The first-order chi connectivity index (χ1) is 7.77. The monoisotopic (exact) mass is 217 g/mol. The molecule has 2 aromatic rings. The van der Waals surface area contributed by atoms with Crippen molar-refractivity contribution in [3.63, 3.8) is 0 Å². The summed E-state index contributed by atoms with van der Waals surface area (Å²) in [4.78, 5) is 0. The first-order valence-corrected chi connectivity index (χ1v) is 5.30. The molecule has 0 saturated carbocycles. The first kappa shape index (κ1) is 10.8. The third kappa shape index (κ3) is 2.46. The van der Waals surface area contributed by atoms with E-state index < -0.39 is 0 Å². The van der Waals surface area contributed by atoms with E-state index in [1.165, 1.54) is 11.1 Å². The van der Waals surface area contributed by atoms with Gasteiger partial charge in [0.1, 0.15) is 11.4 Å². The highest BCUT2D eigenvalue weighted by molar-refractivity contribution is 5.25. The molecule has 4 nitrogen and oxygen atoms in total. The summed E-state index contributed by atoms with van der Waals surface area (Å²) in [5.74, 6) is 0. The highest BCUT2D eigenvalue weighted by Gasteiger charge is 2.04. The summed E-state index contributed by atoms with van der Waals surface area (Å²) in [6.45, 7) is 5.52. The van der Waals surface area contributed by atoms with Crippen molar-refractivity contribution in [2.24, 2.45) is 0 Å². The van der Waals surface area contributed by atoms with E-state index in [1.807, 2.05) is 19.1 Å². The highest BCUT2D eigenvalue weighted by Crippen LogP contribution is 2.07. The van der Waals surface area contributed by atoms with Gasteiger partial charge < -0.3 is 5.32 Å². The maximum Gasteiger partial charge on any atom is 0.121 e. The predicted octanol–water partition coefficient (Wildman–Crippen LogP) is 1.98. The van der Waals surface area contributed by atoms with Crippen LogP contribution in [0.25, 0.3) is 0 Å². The summed E-state index contributed by atoms with van der Waals surface area (Å²) in [6.07, 6.45) is 0. The molecule has 0 radical (unpaired) electrons. The second kappa shape index (κ2) is 4.90. The normalized spacial score (nSPS) is 10.6. The van der Waals surface area contributed by atoms with Gasteiger partial charge in [0.25, 0.3) is 0 Å². The molecular weight excluding hydrogens is 202 g/mol. The molecule has 16 heavy (non-hydrogen) atoms. The van der Waals surface area contributed by atoms with Crippen LogP contribution in [-0.4, -0.2) is 10.3 Å². The van der Waals surface area contributed by atoms with Crippen LogP contribution in [0.1, 0.15) is 22.5 Å². The zero-order chi connectivity index (χ0) is 11.4. The molecule has 2 rings (SSSR count). The topological polar surface area (TPSA) is 51.0 Å². The molecule has 0 fully saturated rings. The number of rotatable bonds is 4. The fourth-order valence-electron chi connectivity index (χ4n) is 1.53. The Morgan fingerprint density at radius 1 is 1.12 bits per heavy atom. The van der Waals surface area contributed by atoms with Gasteiger partial charge in [0.05, 0.1) is 0 Å². The van der Waals surface area contributed by atoms with E-state index in [0.29, 0.717) is 6.54 Å². The molecule has 0 saturated heterocycles. The number of aromatic nitrogens is 2. The van der Waals surface area contributed by atoms with Crippen molar-refractivity contribution < 1.29 is 4.63 Å². The Labute approximate surface area is 94.6 Å². The lowest BCUT2D eigenvalue weighted by atomic mass is 10.1.